The second kappa shape index (κ2) is 5.29. The lowest BCUT2D eigenvalue weighted by molar-refractivity contribution is 0.134. The first-order chi connectivity index (χ1) is 7.12. The largest absolute Gasteiger partial charge is 0.239 e. The Bertz CT molecular complexity index is 281. The summed E-state index contributed by atoms with van der Waals surface area (Å²) in [5.74, 6) is 0. The summed E-state index contributed by atoms with van der Waals surface area (Å²) in [4.78, 5) is 0. The van der Waals surface area contributed by atoms with E-state index in [0.717, 1.165) is 18.4 Å². The van der Waals surface area contributed by atoms with Gasteiger partial charge in [-0.3, -0.25) is 0 Å². The SMILES string of the molecule is CCCC(F)(CCC)c1ccc(C)cc1. The fourth-order valence-electron chi connectivity index (χ4n) is 2.06. The number of halogens is 1. The predicted octanol–water partition coefficient (Wildman–Crippen LogP) is 4.76. The fraction of sp³-hybridized carbons (Fsp3) is 0.571. The highest BCUT2D eigenvalue weighted by molar-refractivity contribution is 5.26. The Morgan fingerprint density at radius 2 is 1.47 bits per heavy atom. The topological polar surface area (TPSA) is 0 Å². The van der Waals surface area contributed by atoms with E-state index in [0.29, 0.717) is 12.8 Å². The summed E-state index contributed by atoms with van der Waals surface area (Å²) in [5.41, 5.74) is 0.919. The van der Waals surface area contributed by atoms with Crippen LogP contribution < -0.4 is 0 Å². The van der Waals surface area contributed by atoms with Gasteiger partial charge in [0.15, 0.2) is 0 Å². The van der Waals surface area contributed by atoms with Crippen molar-refractivity contribution in [2.24, 2.45) is 0 Å². The third-order valence-corrected chi connectivity index (χ3v) is 2.86. The van der Waals surface area contributed by atoms with Crippen molar-refractivity contribution in [3.63, 3.8) is 0 Å². The Morgan fingerprint density at radius 3 is 1.87 bits per heavy atom. The van der Waals surface area contributed by atoms with E-state index in [1.54, 1.807) is 0 Å². The summed E-state index contributed by atoms with van der Waals surface area (Å²) < 4.78 is 14.7. The van der Waals surface area contributed by atoms with Crippen LogP contribution in [0.4, 0.5) is 4.39 Å². The average molecular weight is 208 g/mol. The molecule has 0 nitrogen and oxygen atoms in total. The van der Waals surface area contributed by atoms with E-state index in [4.69, 9.17) is 0 Å². The van der Waals surface area contributed by atoms with Crippen molar-refractivity contribution in [2.45, 2.75) is 52.1 Å². The molecule has 0 aromatic heterocycles. The predicted molar refractivity (Wildman–Crippen MR) is 63.8 cm³/mol. The molecule has 15 heavy (non-hydrogen) atoms. The molecular formula is C14H21F. The molecule has 0 aliphatic heterocycles. The molecule has 1 rings (SSSR count). The molecular weight excluding hydrogens is 187 g/mol. The molecule has 0 spiro atoms. The average Bonchev–Trinajstić information content (AvgIpc) is 2.19. The molecule has 0 saturated carbocycles. The number of hydrogen-bond donors (Lipinski definition) is 0. The zero-order valence-corrected chi connectivity index (χ0v) is 10.0. The molecule has 1 aromatic rings. The van der Waals surface area contributed by atoms with Gasteiger partial charge in [-0.15, -0.1) is 0 Å². The Kier molecular flexibility index (Phi) is 4.31. The van der Waals surface area contributed by atoms with Crippen LogP contribution in [-0.4, -0.2) is 0 Å². The van der Waals surface area contributed by atoms with Gasteiger partial charge in [-0.05, 0) is 25.3 Å². The van der Waals surface area contributed by atoms with Gasteiger partial charge in [0.05, 0.1) is 0 Å². The van der Waals surface area contributed by atoms with Gasteiger partial charge in [0.2, 0.25) is 0 Å². The van der Waals surface area contributed by atoms with Crippen LogP contribution in [0.15, 0.2) is 24.3 Å². The maximum atomic E-state index is 14.7. The van der Waals surface area contributed by atoms with Crippen molar-refractivity contribution in [2.75, 3.05) is 0 Å². The van der Waals surface area contributed by atoms with Crippen molar-refractivity contribution in [1.82, 2.24) is 0 Å². The highest BCUT2D eigenvalue weighted by Gasteiger charge is 2.29. The molecule has 0 amide bonds. The first kappa shape index (κ1) is 12.2. The second-order valence-electron chi connectivity index (χ2n) is 4.33. The van der Waals surface area contributed by atoms with Crippen molar-refractivity contribution in [3.8, 4) is 0 Å². The highest BCUT2D eigenvalue weighted by atomic mass is 19.1. The van der Waals surface area contributed by atoms with Gasteiger partial charge in [0.1, 0.15) is 5.67 Å². The van der Waals surface area contributed by atoms with Crippen LogP contribution in [0.2, 0.25) is 0 Å². The molecule has 0 radical (unpaired) electrons. The molecule has 0 unspecified atom stereocenters. The molecule has 0 aliphatic rings. The fourth-order valence-corrected chi connectivity index (χ4v) is 2.06. The van der Waals surface area contributed by atoms with Gasteiger partial charge < -0.3 is 0 Å². The molecule has 1 aromatic carbocycles. The van der Waals surface area contributed by atoms with E-state index >= 15 is 0 Å². The van der Waals surface area contributed by atoms with E-state index in [1.165, 1.54) is 5.56 Å². The van der Waals surface area contributed by atoms with E-state index in [2.05, 4.69) is 0 Å². The van der Waals surface area contributed by atoms with Crippen molar-refractivity contribution in [3.05, 3.63) is 35.4 Å². The van der Waals surface area contributed by atoms with Gasteiger partial charge in [0, 0.05) is 0 Å². The van der Waals surface area contributed by atoms with Gasteiger partial charge in [-0.1, -0.05) is 56.5 Å². The summed E-state index contributed by atoms with van der Waals surface area (Å²) >= 11 is 0. The van der Waals surface area contributed by atoms with E-state index in [1.807, 2.05) is 45.0 Å². The second-order valence-corrected chi connectivity index (χ2v) is 4.33. The van der Waals surface area contributed by atoms with Crippen LogP contribution in [0.5, 0.6) is 0 Å². The Hall–Kier alpha value is -0.850. The molecule has 0 N–H and O–H groups in total. The third-order valence-electron chi connectivity index (χ3n) is 2.86. The summed E-state index contributed by atoms with van der Waals surface area (Å²) in [6.45, 7) is 6.11. The van der Waals surface area contributed by atoms with E-state index < -0.39 is 5.67 Å². The van der Waals surface area contributed by atoms with Crippen LogP contribution >= 0.6 is 0 Å². The molecule has 0 saturated heterocycles. The maximum Gasteiger partial charge on any atom is 0.136 e. The standard InChI is InChI=1S/C14H21F/c1-4-10-14(15,11-5-2)13-8-6-12(3)7-9-13/h6-9H,4-5,10-11H2,1-3H3. The minimum atomic E-state index is -1.11. The van der Waals surface area contributed by atoms with E-state index in [-0.39, 0.29) is 0 Å². The van der Waals surface area contributed by atoms with Gasteiger partial charge in [-0.25, -0.2) is 4.39 Å². The number of rotatable bonds is 5. The van der Waals surface area contributed by atoms with Crippen LogP contribution in [0.25, 0.3) is 0 Å². The smallest absolute Gasteiger partial charge is 0.136 e. The van der Waals surface area contributed by atoms with E-state index in [9.17, 15) is 4.39 Å². The first-order valence-corrected chi connectivity index (χ1v) is 5.88. The summed E-state index contributed by atoms with van der Waals surface area (Å²) in [7, 11) is 0. The van der Waals surface area contributed by atoms with Crippen molar-refractivity contribution < 1.29 is 4.39 Å². The molecule has 1 heteroatoms. The lowest BCUT2D eigenvalue weighted by atomic mass is 9.87. The Balaban J connectivity index is 2.92. The molecule has 84 valence electrons. The molecule has 0 heterocycles. The lowest BCUT2D eigenvalue weighted by Gasteiger charge is -2.25. The summed E-state index contributed by atoms with van der Waals surface area (Å²) in [6, 6.07) is 7.85. The third kappa shape index (κ3) is 3.05. The zero-order valence-electron chi connectivity index (χ0n) is 10.0. The van der Waals surface area contributed by atoms with Gasteiger partial charge in [-0.2, -0.15) is 0 Å². The lowest BCUT2D eigenvalue weighted by Crippen LogP contribution is -2.19. The van der Waals surface area contributed by atoms with Crippen molar-refractivity contribution in [1.29, 1.82) is 0 Å². The molecule has 0 atom stereocenters. The number of hydrogen-bond acceptors (Lipinski definition) is 0. The summed E-state index contributed by atoms with van der Waals surface area (Å²) in [5, 5.41) is 0. The Labute approximate surface area is 92.5 Å². The monoisotopic (exact) mass is 208 g/mol. The normalized spacial score (nSPS) is 11.7. The minimum Gasteiger partial charge on any atom is -0.239 e. The molecule has 0 aliphatic carbocycles. The van der Waals surface area contributed by atoms with Crippen LogP contribution in [-0.2, 0) is 5.67 Å². The first-order valence-electron chi connectivity index (χ1n) is 5.88. The van der Waals surface area contributed by atoms with Crippen LogP contribution in [0, 0.1) is 6.92 Å². The van der Waals surface area contributed by atoms with Crippen LogP contribution in [0.3, 0.4) is 0 Å². The van der Waals surface area contributed by atoms with Crippen LogP contribution in [0.1, 0.15) is 50.7 Å². The highest BCUT2D eigenvalue weighted by Crippen LogP contribution is 2.35. The number of aryl methyl sites for hydroxylation is 1. The van der Waals surface area contributed by atoms with Gasteiger partial charge in [0.25, 0.3) is 0 Å². The minimum absolute atomic E-state index is 0.629. The number of alkyl halides is 1. The summed E-state index contributed by atoms with van der Waals surface area (Å²) in [6.07, 6.45) is 3.04. The quantitative estimate of drug-likeness (QED) is 0.654. The Morgan fingerprint density at radius 1 is 1.00 bits per heavy atom. The zero-order chi connectivity index (χ0) is 11.3. The number of benzene rings is 1. The van der Waals surface area contributed by atoms with Crippen molar-refractivity contribution >= 4 is 0 Å². The molecule has 0 bridgehead atoms. The van der Waals surface area contributed by atoms with Gasteiger partial charge >= 0.3 is 0 Å². The molecule has 0 fully saturated rings. The maximum absolute atomic E-state index is 14.7.